The summed E-state index contributed by atoms with van der Waals surface area (Å²) in [5.74, 6) is 0. The molecule has 74 valence electrons. The van der Waals surface area contributed by atoms with E-state index in [9.17, 15) is 9.26 Å². The van der Waals surface area contributed by atoms with Gasteiger partial charge in [-0.05, 0) is 19.6 Å². The molecular weight excluding hydrogens is 248 g/mol. The normalized spacial score (nSPS) is 13.5. The molecule has 0 heterocycles. The van der Waals surface area contributed by atoms with Crippen molar-refractivity contribution in [3.05, 3.63) is 0 Å². The highest BCUT2D eigenvalue weighted by Crippen LogP contribution is 2.19. The van der Waals surface area contributed by atoms with Crippen molar-refractivity contribution in [1.82, 2.24) is 0 Å². The molecule has 0 bridgehead atoms. The molecule has 0 amide bonds. The molecule has 0 aliphatic carbocycles. The summed E-state index contributed by atoms with van der Waals surface area (Å²) in [5, 5.41) is 0. The van der Waals surface area contributed by atoms with Gasteiger partial charge in [0.25, 0.3) is 16.3 Å². The summed E-state index contributed by atoms with van der Waals surface area (Å²) in [6.45, 7) is 9.94. The van der Waals surface area contributed by atoms with Gasteiger partial charge in [-0.1, -0.05) is 13.1 Å². The van der Waals surface area contributed by atoms with Crippen LogP contribution in [0.3, 0.4) is 0 Å². The molecule has 0 spiro atoms. The summed E-state index contributed by atoms with van der Waals surface area (Å²) in [6, 6.07) is 0. The first-order valence-electron chi connectivity index (χ1n) is 4.09. The molecule has 0 fully saturated rings. The minimum Gasteiger partial charge on any atom is -0.459 e. The first-order chi connectivity index (χ1) is 5.66. The zero-order valence-corrected chi connectivity index (χ0v) is 13.8. The molecule has 3 nitrogen and oxygen atoms in total. The third-order valence-electron chi connectivity index (χ3n) is 2.66. The molecule has 0 aromatic rings. The predicted molar refractivity (Wildman–Crippen MR) is 62.1 cm³/mol. The van der Waals surface area contributed by atoms with Crippen molar-refractivity contribution in [1.29, 1.82) is 0 Å². The lowest BCUT2D eigenvalue weighted by atomic mass is 11.9. The van der Waals surface area contributed by atoms with Gasteiger partial charge in [-0.15, -0.1) is 0 Å². The number of hydrogen-bond donors (Lipinski definition) is 1. The topological polar surface area (TPSA) is 46.5 Å². The molecule has 0 unspecified atom stereocenters. The van der Waals surface area contributed by atoms with Gasteiger partial charge in [0.2, 0.25) is 10.5 Å². The van der Waals surface area contributed by atoms with E-state index in [-0.39, 0.29) is 0 Å². The lowest BCUT2D eigenvalue weighted by molar-refractivity contribution is 0.557. The van der Waals surface area contributed by atoms with Crippen LogP contribution in [0.15, 0.2) is 0 Å². The van der Waals surface area contributed by atoms with Gasteiger partial charge in [-0.3, -0.25) is 0 Å². The van der Waals surface area contributed by atoms with E-state index in [0.717, 1.165) is 0 Å². The zero-order chi connectivity index (χ0) is 10.9. The van der Waals surface area contributed by atoms with Gasteiger partial charge in [0.1, 0.15) is 7.11 Å². The second kappa shape index (κ2) is 4.55. The average Bonchev–Trinajstić information content (AvgIpc) is 2.02. The zero-order valence-electron chi connectivity index (χ0n) is 8.76. The van der Waals surface area contributed by atoms with Crippen molar-refractivity contribution in [3.63, 3.8) is 0 Å². The third-order valence-corrected chi connectivity index (χ3v) is 43.4. The Labute approximate surface area is 88.0 Å². The van der Waals surface area contributed by atoms with Crippen molar-refractivity contribution in [3.8, 4) is 0 Å². The standard InChI is InChI=1S/C5H16O3Si5/c1-10(6)11(7)13(4,5)12(2,3)8-9/h6H,1-5H3. The second-order valence-electron chi connectivity index (χ2n) is 4.15. The maximum absolute atomic E-state index is 11.9. The summed E-state index contributed by atoms with van der Waals surface area (Å²) in [6.07, 6.45) is 0. The highest BCUT2D eigenvalue weighted by Gasteiger charge is 2.50. The minimum absolute atomic E-state index is 1.62. The van der Waals surface area contributed by atoms with E-state index in [0.29, 0.717) is 0 Å². The van der Waals surface area contributed by atoms with Crippen LogP contribution < -0.4 is 0 Å². The molecule has 0 aromatic heterocycles. The maximum Gasteiger partial charge on any atom is 0.269 e. The van der Waals surface area contributed by atoms with Crippen LogP contribution in [0, 0.1) is 0 Å². The first-order valence-corrected chi connectivity index (χ1v) is 16.8. The smallest absolute Gasteiger partial charge is 0.269 e. The molecule has 1 N–H and O–H groups in total. The van der Waals surface area contributed by atoms with E-state index in [1.165, 1.54) is 0 Å². The molecule has 8 heteroatoms. The van der Waals surface area contributed by atoms with Crippen LogP contribution >= 0.6 is 0 Å². The predicted octanol–water partition coefficient (Wildman–Crippen LogP) is 0.271. The van der Waals surface area contributed by atoms with Crippen molar-refractivity contribution >= 4 is 41.7 Å². The Morgan fingerprint density at radius 2 is 1.69 bits per heavy atom. The molecule has 0 aliphatic rings. The van der Waals surface area contributed by atoms with Crippen LogP contribution in [0.5, 0.6) is 0 Å². The third kappa shape index (κ3) is 2.87. The lowest BCUT2D eigenvalue weighted by Crippen LogP contribution is -2.66. The Balaban J connectivity index is 4.85. The van der Waals surface area contributed by atoms with Gasteiger partial charge < -0.3 is 13.4 Å². The summed E-state index contributed by atoms with van der Waals surface area (Å²) in [4.78, 5) is 9.44. The molecule has 0 aromatic carbocycles. The molecule has 0 atom stereocenters. The van der Waals surface area contributed by atoms with Gasteiger partial charge >= 0.3 is 0 Å². The monoisotopic (exact) mass is 264 g/mol. The van der Waals surface area contributed by atoms with Crippen LogP contribution in [-0.4, -0.2) is 46.5 Å². The van der Waals surface area contributed by atoms with E-state index in [2.05, 4.69) is 36.7 Å². The highest BCUT2D eigenvalue weighted by atomic mass is 29.8. The fourth-order valence-electron chi connectivity index (χ4n) is 0.853. The van der Waals surface area contributed by atoms with E-state index in [1.807, 2.05) is 0 Å². The van der Waals surface area contributed by atoms with Gasteiger partial charge in [0, 0.05) is 0 Å². The van der Waals surface area contributed by atoms with Crippen LogP contribution in [0.2, 0.25) is 32.7 Å². The summed E-state index contributed by atoms with van der Waals surface area (Å²) in [5.41, 5.74) is 0. The Kier molecular flexibility index (Phi) is 4.83. The van der Waals surface area contributed by atoms with E-state index in [1.54, 1.807) is 6.55 Å². The Bertz CT molecular complexity index is 202. The molecule has 0 aliphatic heterocycles. The van der Waals surface area contributed by atoms with Crippen molar-refractivity contribution in [2.75, 3.05) is 0 Å². The summed E-state index contributed by atoms with van der Waals surface area (Å²) >= 11 is 0. The maximum atomic E-state index is 11.9. The average molecular weight is 265 g/mol. The Morgan fingerprint density at radius 1 is 1.31 bits per heavy atom. The molecule has 0 rings (SSSR count). The van der Waals surface area contributed by atoms with Crippen molar-refractivity contribution < 1.29 is 13.4 Å². The molecule has 4 radical (unpaired) electrons. The molecule has 13 heavy (non-hydrogen) atoms. The van der Waals surface area contributed by atoms with Gasteiger partial charge in [-0.2, -0.15) is 0 Å². The fraction of sp³-hybridized carbons (Fsp3) is 1.00. The molecular formula is C5H16O3Si5. The lowest BCUT2D eigenvalue weighted by Gasteiger charge is -2.35. The van der Waals surface area contributed by atoms with Gasteiger partial charge in [0.15, 0.2) is 7.83 Å². The van der Waals surface area contributed by atoms with Gasteiger partial charge in [0.05, 0.1) is 0 Å². The van der Waals surface area contributed by atoms with Crippen LogP contribution in [0.25, 0.3) is 0 Å². The highest BCUT2D eigenvalue weighted by molar-refractivity contribution is 7.69. The van der Waals surface area contributed by atoms with Gasteiger partial charge in [-0.25, -0.2) is 0 Å². The van der Waals surface area contributed by atoms with E-state index in [4.69, 9.17) is 4.12 Å². The SMILES string of the molecule is C[Si](O)[Si](=O)[Si](C)(C)[Si](C)(C)O[Si]. The Morgan fingerprint density at radius 3 is 1.92 bits per heavy atom. The summed E-state index contributed by atoms with van der Waals surface area (Å²) in [7, 11) is -4.11. The first kappa shape index (κ1) is 13.8. The van der Waals surface area contributed by atoms with E-state index < -0.39 is 31.2 Å². The van der Waals surface area contributed by atoms with Crippen LogP contribution in [0.4, 0.5) is 0 Å². The van der Waals surface area contributed by atoms with Crippen LogP contribution in [0.1, 0.15) is 0 Å². The molecule has 0 saturated carbocycles. The number of rotatable bonds is 4. The van der Waals surface area contributed by atoms with Crippen LogP contribution in [-0.2, 0) is 8.58 Å². The quantitative estimate of drug-likeness (QED) is 0.742. The largest absolute Gasteiger partial charge is 0.459 e. The van der Waals surface area contributed by atoms with E-state index >= 15 is 0 Å². The number of hydrogen-bond acceptors (Lipinski definition) is 3. The molecule has 0 saturated heterocycles. The fourth-order valence-corrected chi connectivity index (χ4v) is 37.4. The minimum atomic E-state index is -1.89. The van der Waals surface area contributed by atoms with Crippen molar-refractivity contribution in [2.45, 2.75) is 32.7 Å². The summed E-state index contributed by atoms with van der Waals surface area (Å²) < 4.78 is 17.3. The second-order valence-corrected chi connectivity index (χ2v) is 32.1. The van der Waals surface area contributed by atoms with Crippen molar-refractivity contribution in [2.24, 2.45) is 0 Å². The Hall–Kier alpha value is 0.804.